The number of ether oxygens (including phenoxy) is 1. The van der Waals surface area contributed by atoms with Gasteiger partial charge in [0.15, 0.2) is 0 Å². The highest BCUT2D eigenvalue weighted by Crippen LogP contribution is 2.33. The Bertz CT molecular complexity index is 815. The molecule has 2 amide bonds. The number of halogens is 1. The molecule has 0 saturated carbocycles. The molecule has 2 unspecified atom stereocenters. The first-order valence-electron chi connectivity index (χ1n) is 8.56. The standard InChI is InChI=1S/C18H20ClN5O2/c1-12-15-11-22(16-7-8-20-17(19)21-16)9-10-23(15)18(25)24(12)13-3-5-14(26-2)6-4-13/h3-8,12,15H,9-11H2,1-2H3. The van der Waals surface area contributed by atoms with E-state index >= 15 is 0 Å². The molecule has 1 aromatic carbocycles. The largest absolute Gasteiger partial charge is 0.497 e. The van der Waals surface area contributed by atoms with E-state index in [4.69, 9.17) is 16.3 Å². The van der Waals surface area contributed by atoms with Crippen molar-refractivity contribution in [3.05, 3.63) is 41.8 Å². The molecular formula is C18H20ClN5O2. The number of anilines is 2. The third-order valence-electron chi connectivity index (χ3n) is 5.12. The van der Waals surface area contributed by atoms with Gasteiger partial charge in [0.1, 0.15) is 11.6 Å². The van der Waals surface area contributed by atoms with E-state index in [1.165, 1.54) is 0 Å². The summed E-state index contributed by atoms with van der Waals surface area (Å²) in [6.07, 6.45) is 1.66. The third kappa shape index (κ3) is 2.82. The number of benzene rings is 1. The van der Waals surface area contributed by atoms with E-state index in [1.807, 2.05) is 40.1 Å². The predicted octanol–water partition coefficient (Wildman–Crippen LogP) is 2.66. The predicted molar refractivity (Wildman–Crippen MR) is 100 cm³/mol. The minimum absolute atomic E-state index is 0.0491. The Kier molecular flexibility index (Phi) is 4.32. The van der Waals surface area contributed by atoms with Crippen LogP contribution < -0.4 is 14.5 Å². The van der Waals surface area contributed by atoms with Gasteiger partial charge in [-0.2, -0.15) is 0 Å². The highest BCUT2D eigenvalue weighted by atomic mass is 35.5. The fourth-order valence-electron chi connectivity index (χ4n) is 3.74. The highest BCUT2D eigenvalue weighted by molar-refractivity contribution is 6.28. The summed E-state index contributed by atoms with van der Waals surface area (Å²) in [5.41, 5.74) is 0.884. The van der Waals surface area contributed by atoms with Crippen LogP contribution in [0.1, 0.15) is 6.92 Å². The van der Waals surface area contributed by atoms with Crippen LogP contribution in [0, 0.1) is 0 Å². The molecule has 2 aliphatic rings. The number of nitrogens with zero attached hydrogens (tertiary/aromatic N) is 5. The van der Waals surface area contributed by atoms with Gasteiger partial charge in [-0.15, -0.1) is 0 Å². The maximum atomic E-state index is 13.0. The molecule has 0 bridgehead atoms. The van der Waals surface area contributed by atoms with Gasteiger partial charge >= 0.3 is 6.03 Å². The maximum absolute atomic E-state index is 13.0. The third-order valence-corrected chi connectivity index (χ3v) is 5.30. The van der Waals surface area contributed by atoms with Crippen LogP contribution in [0.15, 0.2) is 36.5 Å². The molecule has 0 spiro atoms. The van der Waals surface area contributed by atoms with Crippen molar-refractivity contribution in [2.24, 2.45) is 0 Å². The lowest BCUT2D eigenvalue weighted by molar-refractivity contribution is 0.195. The SMILES string of the molecule is COc1ccc(N2C(=O)N3CCN(c4ccnc(Cl)n4)CC3C2C)cc1. The van der Waals surface area contributed by atoms with Crippen molar-refractivity contribution < 1.29 is 9.53 Å². The van der Waals surface area contributed by atoms with Crippen molar-refractivity contribution in [1.29, 1.82) is 0 Å². The summed E-state index contributed by atoms with van der Waals surface area (Å²) in [4.78, 5) is 27.2. The zero-order valence-electron chi connectivity index (χ0n) is 14.7. The number of hydrogen-bond donors (Lipinski definition) is 0. The van der Waals surface area contributed by atoms with Crippen LogP contribution in [-0.4, -0.2) is 59.7 Å². The topological polar surface area (TPSA) is 61.8 Å². The van der Waals surface area contributed by atoms with E-state index in [0.717, 1.165) is 23.8 Å². The zero-order chi connectivity index (χ0) is 18.3. The zero-order valence-corrected chi connectivity index (χ0v) is 15.4. The number of hydrogen-bond acceptors (Lipinski definition) is 5. The monoisotopic (exact) mass is 373 g/mol. The second-order valence-corrected chi connectivity index (χ2v) is 6.82. The van der Waals surface area contributed by atoms with Crippen LogP contribution in [0.25, 0.3) is 0 Å². The number of fused-ring (bicyclic) bond motifs is 1. The maximum Gasteiger partial charge on any atom is 0.325 e. The van der Waals surface area contributed by atoms with Crippen LogP contribution >= 0.6 is 11.6 Å². The normalized spacial score (nSPS) is 22.6. The summed E-state index contributed by atoms with van der Waals surface area (Å²) in [6.45, 7) is 4.18. The molecule has 0 radical (unpaired) electrons. The van der Waals surface area contributed by atoms with Gasteiger partial charge in [0.25, 0.3) is 0 Å². The second-order valence-electron chi connectivity index (χ2n) is 6.48. The fraction of sp³-hybridized carbons (Fsp3) is 0.389. The fourth-order valence-corrected chi connectivity index (χ4v) is 3.89. The van der Waals surface area contributed by atoms with Gasteiger partial charge in [0, 0.05) is 31.5 Å². The lowest BCUT2D eigenvalue weighted by Gasteiger charge is -2.38. The molecule has 2 aromatic rings. The minimum atomic E-state index is 0.0491. The molecule has 0 N–H and O–H groups in total. The van der Waals surface area contributed by atoms with Crippen LogP contribution in [0.5, 0.6) is 5.75 Å². The number of carbonyl (C=O) groups excluding carboxylic acids is 1. The van der Waals surface area contributed by atoms with Gasteiger partial charge in [-0.1, -0.05) is 0 Å². The molecule has 0 aliphatic carbocycles. The van der Waals surface area contributed by atoms with Crippen LogP contribution in [-0.2, 0) is 0 Å². The van der Waals surface area contributed by atoms with Crippen molar-refractivity contribution in [2.45, 2.75) is 19.0 Å². The van der Waals surface area contributed by atoms with E-state index in [-0.39, 0.29) is 23.4 Å². The average molecular weight is 374 g/mol. The summed E-state index contributed by atoms with van der Waals surface area (Å²) >= 11 is 5.92. The molecule has 26 heavy (non-hydrogen) atoms. The van der Waals surface area contributed by atoms with Gasteiger partial charge in [0.05, 0.1) is 19.2 Å². The summed E-state index contributed by atoms with van der Waals surface area (Å²) in [5.74, 6) is 1.57. The summed E-state index contributed by atoms with van der Waals surface area (Å²) in [5, 5.41) is 0.236. The highest BCUT2D eigenvalue weighted by Gasteiger charge is 2.46. The van der Waals surface area contributed by atoms with Crippen LogP contribution in [0.2, 0.25) is 5.28 Å². The van der Waals surface area contributed by atoms with E-state index < -0.39 is 0 Å². The average Bonchev–Trinajstić information content (AvgIpc) is 2.92. The molecule has 8 heteroatoms. The van der Waals surface area contributed by atoms with Crippen molar-refractivity contribution >= 4 is 29.1 Å². The number of methoxy groups -OCH3 is 1. The van der Waals surface area contributed by atoms with E-state index in [0.29, 0.717) is 13.1 Å². The lowest BCUT2D eigenvalue weighted by Crippen LogP contribution is -2.53. The second kappa shape index (κ2) is 6.64. The lowest BCUT2D eigenvalue weighted by atomic mass is 10.1. The minimum Gasteiger partial charge on any atom is -0.497 e. The number of rotatable bonds is 3. The molecule has 136 valence electrons. The molecule has 3 heterocycles. The number of carbonyl (C=O) groups is 1. The molecule has 7 nitrogen and oxygen atoms in total. The molecular weight excluding hydrogens is 354 g/mol. The summed E-state index contributed by atoms with van der Waals surface area (Å²) in [6, 6.07) is 9.64. The quantitative estimate of drug-likeness (QED) is 0.774. The van der Waals surface area contributed by atoms with Crippen LogP contribution in [0.3, 0.4) is 0 Å². The summed E-state index contributed by atoms with van der Waals surface area (Å²) in [7, 11) is 1.63. The first-order chi connectivity index (χ1) is 12.6. The van der Waals surface area contributed by atoms with Gasteiger partial charge in [-0.25, -0.2) is 14.8 Å². The van der Waals surface area contributed by atoms with Gasteiger partial charge in [-0.3, -0.25) is 4.90 Å². The molecule has 2 aliphatic heterocycles. The Labute approximate surface area is 157 Å². The van der Waals surface area contributed by atoms with Crippen molar-refractivity contribution in [3.63, 3.8) is 0 Å². The molecule has 2 atom stereocenters. The van der Waals surface area contributed by atoms with E-state index in [9.17, 15) is 4.79 Å². The first kappa shape index (κ1) is 16.9. The molecule has 2 fully saturated rings. The molecule has 1 aromatic heterocycles. The Morgan fingerprint density at radius 1 is 1.19 bits per heavy atom. The number of aromatic nitrogens is 2. The summed E-state index contributed by atoms with van der Waals surface area (Å²) < 4.78 is 5.21. The first-order valence-corrected chi connectivity index (χ1v) is 8.93. The molecule has 2 saturated heterocycles. The van der Waals surface area contributed by atoms with Crippen molar-refractivity contribution in [1.82, 2.24) is 14.9 Å². The van der Waals surface area contributed by atoms with E-state index in [2.05, 4.69) is 21.8 Å². The Hall–Kier alpha value is -2.54. The van der Waals surface area contributed by atoms with Crippen molar-refractivity contribution in [2.75, 3.05) is 36.5 Å². The Balaban J connectivity index is 1.57. The number of amides is 2. The van der Waals surface area contributed by atoms with Crippen LogP contribution in [0.4, 0.5) is 16.3 Å². The Morgan fingerprint density at radius 3 is 2.65 bits per heavy atom. The van der Waals surface area contributed by atoms with Gasteiger partial charge < -0.3 is 14.5 Å². The Morgan fingerprint density at radius 2 is 1.96 bits per heavy atom. The van der Waals surface area contributed by atoms with Gasteiger partial charge in [-0.05, 0) is 48.9 Å². The smallest absolute Gasteiger partial charge is 0.325 e. The molecule has 4 rings (SSSR count). The van der Waals surface area contributed by atoms with Crippen molar-refractivity contribution in [3.8, 4) is 5.75 Å². The van der Waals surface area contributed by atoms with E-state index in [1.54, 1.807) is 13.3 Å². The van der Waals surface area contributed by atoms with Gasteiger partial charge in [0.2, 0.25) is 5.28 Å². The number of urea groups is 1. The number of piperazine rings is 1.